The van der Waals surface area contributed by atoms with Crippen molar-refractivity contribution in [2.45, 2.75) is 19.0 Å². The fourth-order valence-electron chi connectivity index (χ4n) is 2.12. The summed E-state index contributed by atoms with van der Waals surface area (Å²) < 4.78 is 0. The van der Waals surface area contributed by atoms with Gasteiger partial charge in [0.1, 0.15) is 0 Å². The van der Waals surface area contributed by atoms with E-state index < -0.39 is 11.9 Å². The largest absolute Gasteiger partial charge is 0.301 e. The minimum Gasteiger partial charge on any atom is -0.301 e. The Kier molecular flexibility index (Phi) is 5.82. The molecule has 2 aromatic carbocycles. The molecule has 0 saturated carbocycles. The van der Waals surface area contributed by atoms with Gasteiger partial charge in [0.25, 0.3) is 5.91 Å². The van der Waals surface area contributed by atoms with Gasteiger partial charge in [0.05, 0.1) is 6.04 Å². The van der Waals surface area contributed by atoms with Crippen LogP contribution in [0, 0.1) is 0 Å². The summed E-state index contributed by atoms with van der Waals surface area (Å²) in [5.41, 5.74) is 3.72. The predicted molar refractivity (Wildman–Crippen MR) is 84.8 cm³/mol. The fraction of sp³-hybridized carbons (Fsp3) is 0.176. The fourth-order valence-corrected chi connectivity index (χ4v) is 2.12. The van der Waals surface area contributed by atoms with Crippen molar-refractivity contribution in [1.29, 1.82) is 0 Å². The lowest BCUT2D eigenvalue weighted by molar-refractivity contribution is -0.123. The molecule has 0 radical (unpaired) electrons. The van der Waals surface area contributed by atoms with E-state index >= 15 is 0 Å². The van der Waals surface area contributed by atoms with Crippen LogP contribution in [0.2, 0.25) is 0 Å². The van der Waals surface area contributed by atoms with E-state index in [-0.39, 0.29) is 12.2 Å². The number of nitrogens with two attached hydrogens (primary N) is 1. The van der Waals surface area contributed by atoms with Crippen molar-refractivity contribution < 1.29 is 9.59 Å². The minimum atomic E-state index is -0.669. The minimum absolute atomic E-state index is 0.0554. The molecule has 0 saturated heterocycles. The maximum atomic E-state index is 12.2. The zero-order valence-corrected chi connectivity index (χ0v) is 12.2. The lowest BCUT2D eigenvalue weighted by atomic mass is 10.0. The number of carbonyl (C=O) groups is 2. The van der Waals surface area contributed by atoms with Gasteiger partial charge >= 0.3 is 0 Å². The van der Waals surface area contributed by atoms with Crippen molar-refractivity contribution in [3.05, 3.63) is 71.8 Å². The van der Waals surface area contributed by atoms with Gasteiger partial charge in [-0.15, -0.1) is 0 Å². The third-order valence-electron chi connectivity index (χ3n) is 3.34. The molecule has 2 rings (SSSR count). The molecule has 22 heavy (non-hydrogen) atoms. The van der Waals surface area contributed by atoms with Gasteiger partial charge in [0.2, 0.25) is 0 Å². The molecule has 0 bridgehead atoms. The molecule has 0 spiro atoms. The molecule has 1 amide bonds. The van der Waals surface area contributed by atoms with Crippen LogP contribution in [0.25, 0.3) is 0 Å². The van der Waals surface area contributed by atoms with E-state index in [1.54, 1.807) is 24.3 Å². The second-order valence-corrected chi connectivity index (χ2v) is 4.92. The molecule has 0 fully saturated rings. The van der Waals surface area contributed by atoms with Gasteiger partial charge in [-0.25, -0.2) is 5.84 Å². The number of ketones is 1. The zero-order valence-electron chi connectivity index (χ0n) is 12.2. The number of hydrogen-bond acceptors (Lipinski definition) is 4. The Morgan fingerprint density at radius 1 is 0.955 bits per heavy atom. The molecule has 0 aliphatic carbocycles. The van der Waals surface area contributed by atoms with Gasteiger partial charge in [0.15, 0.2) is 5.78 Å². The highest BCUT2D eigenvalue weighted by Gasteiger charge is 2.21. The van der Waals surface area contributed by atoms with Gasteiger partial charge in [0, 0.05) is 18.5 Å². The standard InChI is InChI=1S/C17H19N3O2/c18-20-17(22)15(19-12-13-7-3-1-4-8-13)11-16(21)14-9-5-2-6-10-14/h1-10,15,19H,11-12,18H2,(H,20,22). The van der Waals surface area contributed by atoms with E-state index in [9.17, 15) is 9.59 Å². The number of hydrazine groups is 1. The van der Waals surface area contributed by atoms with Crippen LogP contribution in [-0.2, 0) is 11.3 Å². The van der Waals surface area contributed by atoms with Crippen LogP contribution in [0.4, 0.5) is 0 Å². The highest BCUT2D eigenvalue weighted by atomic mass is 16.2. The van der Waals surface area contributed by atoms with E-state index in [0.717, 1.165) is 5.56 Å². The summed E-state index contributed by atoms with van der Waals surface area (Å²) in [6, 6.07) is 17.9. The summed E-state index contributed by atoms with van der Waals surface area (Å²) in [6.45, 7) is 0.487. The first-order chi connectivity index (χ1) is 10.7. The maximum Gasteiger partial charge on any atom is 0.251 e. The quantitative estimate of drug-likeness (QED) is 0.312. The molecule has 1 atom stereocenters. The van der Waals surface area contributed by atoms with Crippen LogP contribution in [0.15, 0.2) is 60.7 Å². The number of carbonyl (C=O) groups excluding carboxylic acids is 2. The second kappa shape index (κ2) is 8.07. The Bertz CT molecular complexity index is 614. The summed E-state index contributed by atoms with van der Waals surface area (Å²) in [4.78, 5) is 24.1. The average Bonchev–Trinajstić information content (AvgIpc) is 2.59. The van der Waals surface area contributed by atoms with Gasteiger partial charge in [-0.1, -0.05) is 60.7 Å². The highest BCUT2D eigenvalue weighted by Crippen LogP contribution is 2.07. The van der Waals surface area contributed by atoms with Crippen molar-refractivity contribution in [1.82, 2.24) is 10.7 Å². The SMILES string of the molecule is NNC(=O)C(CC(=O)c1ccccc1)NCc1ccccc1. The van der Waals surface area contributed by atoms with Crippen molar-refractivity contribution >= 4 is 11.7 Å². The Balaban J connectivity index is 2.00. The first-order valence-electron chi connectivity index (χ1n) is 7.06. The summed E-state index contributed by atoms with van der Waals surface area (Å²) in [5, 5.41) is 3.07. The summed E-state index contributed by atoms with van der Waals surface area (Å²) in [5.74, 6) is 4.70. The van der Waals surface area contributed by atoms with Crippen LogP contribution in [0.3, 0.4) is 0 Å². The number of Topliss-reactive ketones (excluding diaryl/α,β-unsaturated/α-hetero) is 1. The average molecular weight is 297 g/mol. The van der Waals surface area contributed by atoms with Gasteiger partial charge < -0.3 is 5.32 Å². The summed E-state index contributed by atoms with van der Waals surface area (Å²) in [6.07, 6.45) is 0.0554. The van der Waals surface area contributed by atoms with Crippen LogP contribution < -0.4 is 16.6 Å². The lowest BCUT2D eigenvalue weighted by Gasteiger charge is -2.16. The highest BCUT2D eigenvalue weighted by molar-refractivity contribution is 5.99. The molecule has 0 heterocycles. The molecule has 0 aliphatic rings. The molecule has 5 nitrogen and oxygen atoms in total. The smallest absolute Gasteiger partial charge is 0.251 e. The third kappa shape index (κ3) is 4.51. The van der Waals surface area contributed by atoms with Gasteiger partial charge in [-0.05, 0) is 5.56 Å². The molecular weight excluding hydrogens is 278 g/mol. The predicted octanol–water partition coefficient (Wildman–Crippen LogP) is 1.41. The van der Waals surface area contributed by atoms with Gasteiger partial charge in [-0.3, -0.25) is 15.0 Å². The van der Waals surface area contributed by atoms with Crippen molar-refractivity contribution in [2.24, 2.45) is 5.84 Å². The zero-order chi connectivity index (χ0) is 15.8. The Hall–Kier alpha value is -2.50. The number of amides is 1. The van der Waals surface area contributed by atoms with E-state index in [2.05, 4.69) is 10.7 Å². The van der Waals surface area contributed by atoms with E-state index in [0.29, 0.717) is 12.1 Å². The number of nitrogens with one attached hydrogen (secondary N) is 2. The first-order valence-corrected chi connectivity index (χ1v) is 7.06. The van der Waals surface area contributed by atoms with Crippen LogP contribution in [0.1, 0.15) is 22.3 Å². The van der Waals surface area contributed by atoms with E-state index in [4.69, 9.17) is 5.84 Å². The van der Waals surface area contributed by atoms with Crippen LogP contribution in [0.5, 0.6) is 0 Å². The molecule has 0 aromatic heterocycles. The van der Waals surface area contributed by atoms with Crippen molar-refractivity contribution in [3.63, 3.8) is 0 Å². The summed E-state index contributed by atoms with van der Waals surface area (Å²) >= 11 is 0. The third-order valence-corrected chi connectivity index (χ3v) is 3.34. The van der Waals surface area contributed by atoms with Crippen LogP contribution in [-0.4, -0.2) is 17.7 Å². The Labute approximate surface area is 129 Å². The van der Waals surface area contributed by atoms with Gasteiger partial charge in [-0.2, -0.15) is 0 Å². The molecule has 4 N–H and O–H groups in total. The number of hydrogen-bond donors (Lipinski definition) is 3. The molecule has 0 aliphatic heterocycles. The Morgan fingerprint density at radius 3 is 2.14 bits per heavy atom. The van der Waals surface area contributed by atoms with E-state index in [1.165, 1.54) is 0 Å². The molecule has 1 unspecified atom stereocenters. The molecular formula is C17H19N3O2. The topological polar surface area (TPSA) is 84.2 Å². The Morgan fingerprint density at radius 2 is 1.55 bits per heavy atom. The summed E-state index contributed by atoms with van der Waals surface area (Å²) in [7, 11) is 0. The monoisotopic (exact) mass is 297 g/mol. The van der Waals surface area contributed by atoms with E-state index in [1.807, 2.05) is 36.4 Å². The van der Waals surface area contributed by atoms with Crippen LogP contribution >= 0.6 is 0 Å². The lowest BCUT2D eigenvalue weighted by Crippen LogP contribution is -2.47. The maximum absolute atomic E-state index is 12.2. The molecule has 2 aromatic rings. The normalized spacial score (nSPS) is 11.7. The second-order valence-electron chi connectivity index (χ2n) is 4.92. The number of benzene rings is 2. The number of rotatable bonds is 7. The molecule has 5 heteroatoms. The molecule has 114 valence electrons. The van der Waals surface area contributed by atoms with Crippen molar-refractivity contribution in [3.8, 4) is 0 Å². The van der Waals surface area contributed by atoms with Crippen molar-refractivity contribution in [2.75, 3.05) is 0 Å². The first kappa shape index (κ1) is 15.9.